The number of fused-ring (bicyclic) bond motifs is 1. The summed E-state index contributed by atoms with van der Waals surface area (Å²) in [5.41, 5.74) is 5.33. The maximum Gasteiger partial charge on any atom is 0.0546 e. The Hall–Kier alpha value is -1.80. The molecular weight excluding hydrogens is 258 g/mol. The highest BCUT2D eigenvalue weighted by Crippen LogP contribution is 2.38. The Morgan fingerprint density at radius 3 is 2.67 bits per heavy atom. The minimum absolute atomic E-state index is 0.248. The number of rotatable bonds is 4. The van der Waals surface area contributed by atoms with E-state index in [1.54, 1.807) is 0 Å². The van der Waals surface area contributed by atoms with Crippen molar-refractivity contribution >= 4 is 5.69 Å². The molecule has 2 aromatic carbocycles. The summed E-state index contributed by atoms with van der Waals surface area (Å²) in [6.07, 6.45) is 2.94. The summed E-state index contributed by atoms with van der Waals surface area (Å²) in [5, 5.41) is 13.1. The van der Waals surface area contributed by atoms with Crippen LogP contribution in [0.4, 0.5) is 5.69 Å². The van der Waals surface area contributed by atoms with Gasteiger partial charge < -0.3 is 10.4 Å². The summed E-state index contributed by atoms with van der Waals surface area (Å²) >= 11 is 0. The van der Waals surface area contributed by atoms with Crippen LogP contribution in [0.1, 0.15) is 36.1 Å². The van der Waals surface area contributed by atoms with Crippen LogP contribution in [0.25, 0.3) is 0 Å². The normalized spacial score (nSPS) is 20.7. The van der Waals surface area contributed by atoms with E-state index in [2.05, 4.69) is 60.8 Å². The van der Waals surface area contributed by atoms with Crippen LogP contribution in [0.2, 0.25) is 0 Å². The zero-order valence-electron chi connectivity index (χ0n) is 12.5. The summed E-state index contributed by atoms with van der Waals surface area (Å²) in [7, 11) is 0. The highest BCUT2D eigenvalue weighted by molar-refractivity contribution is 5.57. The first-order chi connectivity index (χ1) is 10.3. The average Bonchev–Trinajstić information content (AvgIpc) is 2.55. The fourth-order valence-electron chi connectivity index (χ4n) is 3.31. The lowest BCUT2D eigenvalue weighted by molar-refractivity contribution is 0.243. The zero-order chi connectivity index (χ0) is 14.7. The van der Waals surface area contributed by atoms with Gasteiger partial charge in [-0.3, -0.25) is 0 Å². The van der Waals surface area contributed by atoms with Crippen LogP contribution < -0.4 is 5.32 Å². The summed E-state index contributed by atoms with van der Waals surface area (Å²) in [6.45, 7) is 2.44. The van der Waals surface area contributed by atoms with Crippen molar-refractivity contribution in [3.63, 3.8) is 0 Å². The van der Waals surface area contributed by atoms with E-state index in [4.69, 9.17) is 0 Å². The van der Waals surface area contributed by atoms with E-state index in [0.717, 1.165) is 19.3 Å². The van der Waals surface area contributed by atoms with Crippen LogP contribution in [-0.4, -0.2) is 11.7 Å². The molecule has 0 spiro atoms. The number of aryl methyl sites for hydroxylation is 1. The molecule has 1 aliphatic heterocycles. The maximum absolute atomic E-state index is 9.40. The Morgan fingerprint density at radius 2 is 1.95 bits per heavy atom. The Bertz CT molecular complexity index is 594. The van der Waals surface area contributed by atoms with Crippen molar-refractivity contribution in [1.29, 1.82) is 0 Å². The number of hydrogen-bond donors (Lipinski definition) is 2. The number of anilines is 1. The van der Waals surface area contributed by atoms with Crippen molar-refractivity contribution in [3.05, 3.63) is 65.2 Å². The van der Waals surface area contributed by atoms with E-state index in [1.165, 1.54) is 22.4 Å². The fraction of sp³-hybridized carbons (Fsp3) is 0.368. The molecule has 0 unspecified atom stereocenters. The second-order valence-electron chi connectivity index (χ2n) is 5.85. The molecule has 2 atom stereocenters. The third-order valence-corrected chi connectivity index (χ3v) is 4.50. The number of aliphatic hydroxyl groups excluding tert-OH is 1. The van der Waals surface area contributed by atoms with Crippen LogP contribution in [0.5, 0.6) is 0 Å². The molecule has 0 saturated heterocycles. The second kappa shape index (κ2) is 6.31. The van der Waals surface area contributed by atoms with Crippen LogP contribution in [0.15, 0.2) is 48.5 Å². The first-order valence-electron chi connectivity index (χ1n) is 7.86. The Morgan fingerprint density at radius 1 is 1.14 bits per heavy atom. The molecule has 3 rings (SSSR count). The topological polar surface area (TPSA) is 32.3 Å². The fourth-order valence-corrected chi connectivity index (χ4v) is 3.31. The molecule has 2 aromatic rings. The molecule has 0 amide bonds. The molecule has 2 N–H and O–H groups in total. The zero-order valence-corrected chi connectivity index (χ0v) is 12.5. The van der Waals surface area contributed by atoms with E-state index in [9.17, 15) is 5.11 Å². The van der Waals surface area contributed by atoms with E-state index >= 15 is 0 Å². The number of benzene rings is 2. The van der Waals surface area contributed by atoms with Crippen LogP contribution in [-0.2, 0) is 12.8 Å². The molecular formula is C19H23NO. The van der Waals surface area contributed by atoms with Gasteiger partial charge in [0.1, 0.15) is 0 Å². The summed E-state index contributed by atoms with van der Waals surface area (Å²) in [4.78, 5) is 0. The van der Waals surface area contributed by atoms with Gasteiger partial charge in [-0.05, 0) is 47.9 Å². The smallest absolute Gasteiger partial charge is 0.0546 e. The molecule has 110 valence electrons. The molecule has 1 heterocycles. The lowest BCUT2D eigenvalue weighted by Gasteiger charge is -2.35. The highest BCUT2D eigenvalue weighted by Gasteiger charge is 2.28. The molecule has 2 nitrogen and oxygen atoms in total. The van der Waals surface area contributed by atoms with E-state index in [-0.39, 0.29) is 6.61 Å². The molecule has 0 aromatic heterocycles. The van der Waals surface area contributed by atoms with Gasteiger partial charge in [0, 0.05) is 12.3 Å². The highest BCUT2D eigenvalue weighted by atomic mass is 16.3. The van der Waals surface area contributed by atoms with Gasteiger partial charge in [0.15, 0.2) is 0 Å². The van der Waals surface area contributed by atoms with Crippen LogP contribution in [0.3, 0.4) is 0 Å². The lowest BCUT2D eigenvalue weighted by Crippen LogP contribution is -2.28. The minimum atomic E-state index is 0.248. The molecule has 2 heteroatoms. The van der Waals surface area contributed by atoms with E-state index in [1.807, 2.05) is 0 Å². The number of nitrogens with one attached hydrogen (secondary N) is 1. The third kappa shape index (κ3) is 2.96. The van der Waals surface area contributed by atoms with Crippen molar-refractivity contribution < 1.29 is 5.11 Å². The Kier molecular flexibility index (Phi) is 4.26. The van der Waals surface area contributed by atoms with Gasteiger partial charge in [-0.15, -0.1) is 0 Å². The van der Waals surface area contributed by atoms with Crippen LogP contribution >= 0.6 is 0 Å². The summed E-state index contributed by atoms with van der Waals surface area (Å²) in [5.74, 6) is 0.442. The van der Waals surface area contributed by atoms with Crippen molar-refractivity contribution in [2.45, 2.75) is 32.2 Å². The SMILES string of the molecule is CCc1ccc2c(c1)C[C@@H](CCO)[C@H](c1ccccc1)N2. The largest absolute Gasteiger partial charge is 0.396 e. The molecule has 0 fully saturated rings. The Labute approximate surface area is 126 Å². The second-order valence-corrected chi connectivity index (χ2v) is 5.85. The monoisotopic (exact) mass is 281 g/mol. The first kappa shape index (κ1) is 14.2. The minimum Gasteiger partial charge on any atom is -0.396 e. The van der Waals surface area contributed by atoms with Gasteiger partial charge in [0.2, 0.25) is 0 Å². The maximum atomic E-state index is 9.40. The van der Waals surface area contributed by atoms with E-state index < -0.39 is 0 Å². The van der Waals surface area contributed by atoms with Crippen molar-refractivity contribution in [3.8, 4) is 0 Å². The first-order valence-corrected chi connectivity index (χ1v) is 7.86. The van der Waals surface area contributed by atoms with Gasteiger partial charge in [-0.1, -0.05) is 49.4 Å². The third-order valence-electron chi connectivity index (χ3n) is 4.50. The summed E-state index contributed by atoms with van der Waals surface area (Å²) < 4.78 is 0. The quantitative estimate of drug-likeness (QED) is 0.889. The molecule has 0 aliphatic carbocycles. The van der Waals surface area contributed by atoms with Crippen molar-refractivity contribution in [2.75, 3.05) is 11.9 Å². The van der Waals surface area contributed by atoms with Gasteiger partial charge in [-0.25, -0.2) is 0 Å². The van der Waals surface area contributed by atoms with Gasteiger partial charge >= 0.3 is 0 Å². The Balaban J connectivity index is 1.93. The predicted molar refractivity (Wildman–Crippen MR) is 87.5 cm³/mol. The molecule has 0 radical (unpaired) electrons. The van der Waals surface area contributed by atoms with Gasteiger partial charge in [-0.2, -0.15) is 0 Å². The van der Waals surface area contributed by atoms with Crippen molar-refractivity contribution in [1.82, 2.24) is 0 Å². The number of aliphatic hydroxyl groups is 1. The number of hydrogen-bond acceptors (Lipinski definition) is 2. The van der Waals surface area contributed by atoms with Gasteiger partial charge in [0.05, 0.1) is 6.04 Å². The van der Waals surface area contributed by atoms with Crippen molar-refractivity contribution in [2.24, 2.45) is 5.92 Å². The standard InChI is InChI=1S/C19H23NO/c1-2-14-8-9-18-17(12-14)13-16(10-11-21)19(20-18)15-6-4-3-5-7-15/h3-9,12,16,19-21H,2,10-11,13H2,1H3/t16-,19+/m1/s1. The summed E-state index contributed by atoms with van der Waals surface area (Å²) in [6, 6.07) is 17.6. The van der Waals surface area contributed by atoms with Gasteiger partial charge in [0.25, 0.3) is 0 Å². The van der Waals surface area contributed by atoms with E-state index in [0.29, 0.717) is 12.0 Å². The molecule has 0 saturated carbocycles. The molecule has 21 heavy (non-hydrogen) atoms. The average molecular weight is 281 g/mol. The lowest BCUT2D eigenvalue weighted by atomic mass is 9.81. The predicted octanol–water partition coefficient (Wildman–Crippen LogP) is 3.96. The molecule has 0 bridgehead atoms. The van der Waals surface area contributed by atoms with Crippen LogP contribution in [0, 0.1) is 5.92 Å². The molecule has 1 aliphatic rings.